The molecule has 0 bridgehead atoms. The largest absolute Gasteiger partial charge is 0.495 e. The van der Waals surface area contributed by atoms with E-state index in [2.05, 4.69) is 29.3 Å². The monoisotopic (exact) mass is 220 g/mol. The number of methoxy groups -OCH3 is 1. The SMILES string of the molecule is CCC1CNCCN1c1ccccc1OC. The molecule has 88 valence electrons. The molecule has 0 saturated carbocycles. The van der Waals surface area contributed by atoms with Crippen LogP contribution in [0.3, 0.4) is 0 Å². The summed E-state index contributed by atoms with van der Waals surface area (Å²) in [5, 5.41) is 3.44. The van der Waals surface area contributed by atoms with Crippen molar-refractivity contribution >= 4 is 5.69 Å². The molecule has 0 radical (unpaired) electrons. The molecule has 0 aromatic heterocycles. The van der Waals surface area contributed by atoms with Gasteiger partial charge in [0.25, 0.3) is 0 Å². The molecule has 0 spiro atoms. The van der Waals surface area contributed by atoms with Gasteiger partial charge in [0.2, 0.25) is 0 Å². The Hall–Kier alpha value is -1.22. The van der Waals surface area contributed by atoms with Crippen molar-refractivity contribution in [3.8, 4) is 5.75 Å². The first-order valence-electron chi connectivity index (χ1n) is 5.97. The number of anilines is 1. The number of nitrogens with zero attached hydrogens (tertiary/aromatic N) is 1. The molecule has 3 heteroatoms. The smallest absolute Gasteiger partial charge is 0.142 e. The summed E-state index contributed by atoms with van der Waals surface area (Å²) in [5.74, 6) is 0.975. The summed E-state index contributed by atoms with van der Waals surface area (Å²) in [6.07, 6.45) is 1.16. The molecule has 1 unspecified atom stereocenters. The molecular formula is C13H20N2O. The highest BCUT2D eigenvalue weighted by Gasteiger charge is 2.22. The van der Waals surface area contributed by atoms with Crippen LogP contribution in [0.2, 0.25) is 0 Å². The number of piperazine rings is 1. The molecule has 1 aliphatic rings. The second kappa shape index (κ2) is 5.21. The van der Waals surface area contributed by atoms with Crippen LogP contribution in [-0.4, -0.2) is 32.8 Å². The topological polar surface area (TPSA) is 24.5 Å². The molecule has 1 heterocycles. The predicted molar refractivity (Wildman–Crippen MR) is 67.3 cm³/mol. The Morgan fingerprint density at radius 1 is 1.44 bits per heavy atom. The van der Waals surface area contributed by atoms with Gasteiger partial charge in [-0.25, -0.2) is 0 Å². The molecule has 2 rings (SSSR count). The number of rotatable bonds is 3. The summed E-state index contributed by atoms with van der Waals surface area (Å²) in [4.78, 5) is 2.45. The van der Waals surface area contributed by atoms with Crippen LogP contribution in [0.25, 0.3) is 0 Å². The number of benzene rings is 1. The number of hydrogen-bond acceptors (Lipinski definition) is 3. The van der Waals surface area contributed by atoms with Gasteiger partial charge in [0.1, 0.15) is 5.75 Å². The summed E-state index contributed by atoms with van der Waals surface area (Å²) < 4.78 is 5.43. The lowest BCUT2D eigenvalue weighted by atomic mass is 10.1. The zero-order valence-electron chi connectivity index (χ0n) is 10.1. The second-order valence-electron chi connectivity index (χ2n) is 4.13. The minimum Gasteiger partial charge on any atom is -0.495 e. The van der Waals surface area contributed by atoms with Crippen molar-refractivity contribution in [2.45, 2.75) is 19.4 Å². The molecule has 1 atom stereocenters. The maximum absolute atomic E-state index is 5.43. The normalized spacial score (nSPS) is 20.9. The molecule has 1 aliphatic heterocycles. The molecule has 1 N–H and O–H groups in total. The molecule has 1 aromatic carbocycles. The Morgan fingerprint density at radius 2 is 2.25 bits per heavy atom. The van der Waals surface area contributed by atoms with E-state index in [0.717, 1.165) is 31.8 Å². The molecule has 16 heavy (non-hydrogen) atoms. The molecule has 0 aliphatic carbocycles. The third kappa shape index (κ3) is 2.14. The van der Waals surface area contributed by atoms with Crippen molar-refractivity contribution in [1.29, 1.82) is 0 Å². The van der Waals surface area contributed by atoms with Crippen LogP contribution in [0.4, 0.5) is 5.69 Å². The van der Waals surface area contributed by atoms with Gasteiger partial charge >= 0.3 is 0 Å². The quantitative estimate of drug-likeness (QED) is 0.842. The van der Waals surface area contributed by atoms with Crippen molar-refractivity contribution in [3.63, 3.8) is 0 Å². The summed E-state index contributed by atoms with van der Waals surface area (Å²) >= 11 is 0. The van der Waals surface area contributed by atoms with Gasteiger partial charge in [-0.1, -0.05) is 19.1 Å². The van der Waals surface area contributed by atoms with E-state index in [1.54, 1.807) is 7.11 Å². The van der Waals surface area contributed by atoms with Gasteiger partial charge in [-0.3, -0.25) is 0 Å². The lowest BCUT2D eigenvalue weighted by Gasteiger charge is -2.38. The molecule has 1 fully saturated rings. The number of nitrogens with one attached hydrogen (secondary N) is 1. The molecular weight excluding hydrogens is 200 g/mol. The van der Waals surface area contributed by atoms with E-state index in [9.17, 15) is 0 Å². The van der Waals surface area contributed by atoms with Crippen molar-refractivity contribution in [2.24, 2.45) is 0 Å². The van der Waals surface area contributed by atoms with Crippen LogP contribution in [0.1, 0.15) is 13.3 Å². The van der Waals surface area contributed by atoms with Gasteiger partial charge in [0.15, 0.2) is 0 Å². The van der Waals surface area contributed by atoms with Crippen molar-refractivity contribution in [3.05, 3.63) is 24.3 Å². The standard InChI is InChI=1S/C13H20N2O/c1-3-11-10-14-8-9-15(11)12-6-4-5-7-13(12)16-2/h4-7,11,14H,3,8-10H2,1-2H3. The van der Waals surface area contributed by atoms with E-state index in [-0.39, 0.29) is 0 Å². The maximum atomic E-state index is 5.43. The van der Waals surface area contributed by atoms with Crippen molar-refractivity contribution in [2.75, 3.05) is 31.6 Å². The summed E-state index contributed by atoms with van der Waals surface area (Å²) in [7, 11) is 1.74. The highest BCUT2D eigenvalue weighted by atomic mass is 16.5. The lowest BCUT2D eigenvalue weighted by Crippen LogP contribution is -2.51. The predicted octanol–water partition coefficient (Wildman–Crippen LogP) is 1.88. The van der Waals surface area contributed by atoms with Gasteiger partial charge in [-0.05, 0) is 18.6 Å². The van der Waals surface area contributed by atoms with Crippen LogP contribution in [0, 0.1) is 0 Å². The van der Waals surface area contributed by atoms with Gasteiger partial charge < -0.3 is 15.0 Å². The molecule has 1 aromatic rings. The Bertz CT molecular complexity index is 340. The van der Waals surface area contributed by atoms with Crippen LogP contribution >= 0.6 is 0 Å². The van der Waals surface area contributed by atoms with Crippen LogP contribution in [0.5, 0.6) is 5.75 Å². The highest BCUT2D eigenvalue weighted by Crippen LogP contribution is 2.30. The van der Waals surface area contributed by atoms with E-state index in [0.29, 0.717) is 6.04 Å². The summed E-state index contributed by atoms with van der Waals surface area (Å²) in [5.41, 5.74) is 1.22. The summed E-state index contributed by atoms with van der Waals surface area (Å²) in [6.45, 7) is 5.40. The summed E-state index contributed by atoms with van der Waals surface area (Å²) in [6, 6.07) is 8.85. The van der Waals surface area contributed by atoms with E-state index >= 15 is 0 Å². The van der Waals surface area contributed by atoms with E-state index < -0.39 is 0 Å². The fourth-order valence-corrected chi connectivity index (χ4v) is 2.31. The average molecular weight is 220 g/mol. The van der Waals surface area contributed by atoms with Crippen LogP contribution < -0.4 is 15.0 Å². The Balaban J connectivity index is 2.26. The minimum absolute atomic E-state index is 0.574. The molecule has 0 amide bonds. The van der Waals surface area contributed by atoms with Gasteiger partial charge in [0, 0.05) is 25.7 Å². The van der Waals surface area contributed by atoms with Crippen molar-refractivity contribution in [1.82, 2.24) is 5.32 Å². The van der Waals surface area contributed by atoms with Crippen LogP contribution in [-0.2, 0) is 0 Å². The van der Waals surface area contributed by atoms with Crippen molar-refractivity contribution < 1.29 is 4.74 Å². The zero-order chi connectivity index (χ0) is 11.4. The fourth-order valence-electron chi connectivity index (χ4n) is 2.31. The van der Waals surface area contributed by atoms with E-state index in [1.807, 2.05) is 12.1 Å². The van der Waals surface area contributed by atoms with Crippen LogP contribution in [0.15, 0.2) is 24.3 Å². The maximum Gasteiger partial charge on any atom is 0.142 e. The number of hydrogen-bond donors (Lipinski definition) is 1. The Morgan fingerprint density at radius 3 is 3.00 bits per heavy atom. The fraction of sp³-hybridized carbons (Fsp3) is 0.538. The first-order valence-corrected chi connectivity index (χ1v) is 5.97. The highest BCUT2D eigenvalue weighted by molar-refractivity contribution is 5.59. The Labute approximate surface area is 97.4 Å². The third-order valence-electron chi connectivity index (χ3n) is 3.22. The first kappa shape index (κ1) is 11.3. The zero-order valence-corrected chi connectivity index (χ0v) is 10.1. The minimum atomic E-state index is 0.574. The Kier molecular flexibility index (Phi) is 3.67. The third-order valence-corrected chi connectivity index (χ3v) is 3.22. The first-order chi connectivity index (χ1) is 7.86. The molecule has 1 saturated heterocycles. The van der Waals surface area contributed by atoms with E-state index in [1.165, 1.54) is 5.69 Å². The number of para-hydroxylation sites is 2. The average Bonchev–Trinajstić information content (AvgIpc) is 2.38. The van der Waals surface area contributed by atoms with Gasteiger partial charge in [-0.15, -0.1) is 0 Å². The van der Waals surface area contributed by atoms with E-state index in [4.69, 9.17) is 4.74 Å². The molecule has 3 nitrogen and oxygen atoms in total. The lowest BCUT2D eigenvalue weighted by molar-refractivity contribution is 0.405. The second-order valence-corrected chi connectivity index (χ2v) is 4.13. The number of ether oxygens (including phenoxy) is 1. The van der Waals surface area contributed by atoms with Gasteiger partial charge in [-0.2, -0.15) is 0 Å². The van der Waals surface area contributed by atoms with Gasteiger partial charge in [0.05, 0.1) is 12.8 Å².